The molecule has 3 aromatic rings. The normalized spacial score (nSPS) is 16.9. The molecule has 0 radical (unpaired) electrons. The number of aromatic nitrogens is 2. The van der Waals surface area contributed by atoms with Crippen LogP contribution >= 0.6 is 11.9 Å². The van der Waals surface area contributed by atoms with E-state index in [-0.39, 0.29) is 5.50 Å². The Morgan fingerprint density at radius 1 is 1.20 bits per heavy atom. The third-order valence-electron chi connectivity index (χ3n) is 3.36. The lowest BCUT2D eigenvalue weighted by molar-refractivity contribution is 0.996. The van der Waals surface area contributed by atoms with Crippen molar-refractivity contribution >= 4 is 34.2 Å². The van der Waals surface area contributed by atoms with Gasteiger partial charge in [0.25, 0.3) is 0 Å². The van der Waals surface area contributed by atoms with Gasteiger partial charge in [-0.15, -0.1) is 0 Å². The van der Waals surface area contributed by atoms with Crippen molar-refractivity contribution in [3.05, 3.63) is 54.2 Å². The first-order valence-electron chi connectivity index (χ1n) is 6.54. The van der Waals surface area contributed by atoms with Crippen LogP contribution in [-0.2, 0) is 0 Å². The number of nitrogens with one attached hydrogen (secondary N) is 2. The molecule has 1 aliphatic rings. The van der Waals surface area contributed by atoms with E-state index in [2.05, 4.69) is 64.3 Å². The number of nitrogens with zero attached hydrogens (tertiary/aromatic N) is 2. The number of aryl methyl sites for hydroxylation is 1. The topological polar surface area (TPSA) is 41.9 Å². The molecule has 0 saturated heterocycles. The second kappa shape index (κ2) is 4.45. The molecule has 0 amide bonds. The van der Waals surface area contributed by atoms with Crippen molar-refractivity contribution in [1.29, 1.82) is 0 Å². The summed E-state index contributed by atoms with van der Waals surface area (Å²) in [5.41, 5.74) is 2.27. The molecule has 20 heavy (non-hydrogen) atoms. The van der Waals surface area contributed by atoms with Crippen molar-refractivity contribution in [3.63, 3.8) is 0 Å². The molecule has 4 nitrogen and oxygen atoms in total. The molecule has 100 valence electrons. The summed E-state index contributed by atoms with van der Waals surface area (Å²) in [7, 11) is 0. The first-order chi connectivity index (χ1) is 9.79. The minimum atomic E-state index is 0.101. The first kappa shape index (κ1) is 11.7. The van der Waals surface area contributed by atoms with Gasteiger partial charge in [0.1, 0.15) is 5.82 Å². The number of anilines is 2. The number of hydrogen-bond donors (Lipinski definition) is 2. The lowest BCUT2D eigenvalue weighted by atomic mass is 10.1. The Labute approximate surface area is 121 Å². The summed E-state index contributed by atoms with van der Waals surface area (Å²) in [5.74, 6) is 1.05. The van der Waals surface area contributed by atoms with Crippen LogP contribution in [0.5, 0.6) is 0 Å². The summed E-state index contributed by atoms with van der Waals surface area (Å²) in [5, 5.41) is 13.8. The predicted molar refractivity (Wildman–Crippen MR) is 84.9 cm³/mol. The molecule has 0 unspecified atom stereocenters. The summed E-state index contributed by atoms with van der Waals surface area (Å²) >= 11 is 1.64. The molecule has 0 fully saturated rings. The van der Waals surface area contributed by atoms with Gasteiger partial charge in [0, 0.05) is 29.1 Å². The minimum absolute atomic E-state index is 0.101. The Morgan fingerprint density at radius 2 is 2.05 bits per heavy atom. The van der Waals surface area contributed by atoms with Crippen LogP contribution in [0.1, 0.15) is 5.69 Å². The molecule has 0 aliphatic carbocycles. The van der Waals surface area contributed by atoms with Gasteiger partial charge in [0.2, 0.25) is 0 Å². The molecule has 2 aromatic carbocycles. The molecule has 1 aromatic heterocycles. The van der Waals surface area contributed by atoms with E-state index in [1.54, 1.807) is 11.9 Å². The molecule has 5 heteroatoms. The van der Waals surface area contributed by atoms with Crippen molar-refractivity contribution in [2.45, 2.75) is 12.4 Å². The van der Waals surface area contributed by atoms with E-state index in [9.17, 15) is 0 Å². The fourth-order valence-electron chi connectivity index (χ4n) is 2.47. The quantitative estimate of drug-likeness (QED) is 0.752. The van der Waals surface area contributed by atoms with Crippen molar-refractivity contribution in [3.8, 4) is 0 Å². The van der Waals surface area contributed by atoms with Crippen LogP contribution in [0.4, 0.5) is 11.5 Å². The van der Waals surface area contributed by atoms with Crippen LogP contribution in [0, 0.1) is 6.92 Å². The zero-order valence-electron chi connectivity index (χ0n) is 11.0. The van der Waals surface area contributed by atoms with Crippen molar-refractivity contribution in [2.24, 2.45) is 0 Å². The standard InChI is InChI=1S/C15H14N4S/c1-10-9-14-17-15(20-19(14)18-10)16-13-8-4-6-11-5-2-3-7-12(11)13/h2-9,15-17H,1H3/t15-/m0/s1. The van der Waals surface area contributed by atoms with Gasteiger partial charge in [0.15, 0.2) is 5.50 Å². The Bertz CT molecular complexity index is 752. The molecular weight excluding hydrogens is 268 g/mol. The second-order valence-corrected chi connectivity index (χ2v) is 5.87. The van der Waals surface area contributed by atoms with Crippen molar-refractivity contribution in [1.82, 2.24) is 9.19 Å². The molecule has 1 atom stereocenters. The summed E-state index contributed by atoms with van der Waals surface area (Å²) in [4.78, 5) is 0. The third-order valence-corrected chi connectivity index (χ3v) is 4.29. The maximum absolute atomic E-state index is 4.42. The Balaban J connectivity index is 1.62. The highest BCUT2D eigenvalue weighted by Crippen LogP contribution is 2.32. The maximum Gasteiger partial charge on any atom is 0.168 e. The Kier molecular flexibility index (Phi) is 2.60. The van der Waals surface area contributed by atoms with Gasteiger partial charge >= 0.3 is 0 Å². The molecule has 0 saturated carbocycles. The smallest absolute Gasteiger partial charge is 0.168 e. The molecular formula is C15H14N4S. The SMILES string of the molecule is Cc1cc2n(n1)S[C@@H](Nc1cccc3ccccc13)N2. The van der Waals surface area contributed by atoms with Crippen LogP contribution in [0.15, 0.2) is 48.5 Å². The van der Waals surface area contributed by atoms with Crippen molar-refractivity contribution < 1.29 is 0 Å². The fourth-order valence-corrected chi connectivity index (χ4v) is 3.42. The van der Waals surface area contributed by atoms with Gasteiger partial charge in [0.05, 0.1) is 5.69 Å². The summed E-state index contributed by atoms with van der Waals surface area (Å²) in [6.45, 7) is 2.00. The highest BCUT2D eigenvalue weighted by atomic mass is 32.2. The third kappa shape index (κ3) is 1.91. The van der Waals surface area contributed by atoms with Crippen LogP contribution in [0.25, 0.3) is 10.8 Å². The van der Waals surface area contributed by atoms with E-state index in [0.717, 1.165) is 17.2 Å². The first-order valence-corrected chi connectivity index (χ1v) is 7.38. The minimum Gasteiger partial charge on any atom is -0.355 e. The molecule has 2 N–H and O–H groups in total. The molecule has 4 rings (SSSR count). The maximum atomic E-state index is 4.42. The monoisotopic (exact) mass is 282 g/mol. The van der Waals surface area contributed by atoms with Crippen LogP contribution < -0.4 is 10.6 Å². The molecule has 2 heterocycles. The van der Waals surface area contributed by atoms with Gasteiger partial charge < -0.3 is 10.6 Å². The van der Waals surface area contributed by atoms with E-state index in [0.29, 0.717) is 0 Å². The van der Waals surface area contributed by atoms with Gasteiger partial charge in [-0.2, -0.15) is 9.19 Å². The molecule has 0 bridgehead atoms. The number of hydrogen-bond acceptors (Lipinski definition) is 4. The summed E-state index contributed by atoms with van der Waals surface area (Å²) in [6.07, 6.45) is 0. The molecule has 1 aliphatic heterocycles. The van der Waals surface area contributed by atoms with Crippen LogP contribution in [-0.4, -0.2) is 14.7 Å². The zero-order valence-corrected chi connectivity index (χ0v) is 11.8. The van der Waals surface area contributed by atoms with Gasteiger partial charge in [-0.05, 0) is 18.4 Å². The van der Waals surface area contributed by atoms with E-state index in [1.807, 2.05) is 11.0 Å². The summed E-state index contributed by atoms with van der Waals surface area (Å²) < 4.78 is 1.93. The number of rotatable bonds is 2. The van der Waals surface area contributed by atoms with Crippen LogP contribution in [0.3, 0.4) is 0 Å². The van der Waals surface area contributed by atoms with E-state index < -0.39 is 0 Å². The predicted octanol–water partition coefficient (Wildman–Crippen LogP) is 3.66. The van der Waals surface area contributed by atoms with Crippen LogP contribution in [0.2, 0.25) is 0 Å². The zero-order chi connectivity index (χ0) is 13.5. The highest BCUT2D eigenvalue weighted by molar-refractivity contribution is 7.98. The number of benzene rings is 2. The van der Waals surface area contributed by atoms with Gasteiger partial charge in [-0.3, -0.25) is 0 Å². The van der Waals surface area contributed by atoms with Gasteiger partial charge in [-0.25, -0.2) is 0 Å². The second-order valence-electron chi connectivity index (χ2n) is 4.84. The van der Waals surface area contributed by atoms with Gasteiger partial charge in [-0.1, -0.05) is 36.4 Å². The lowest BCUT2D eigenvalue weighted by Crippen LogP contribution is -2.21. The average Bonchev–Trinajstić information content (AvgIpc) is 2.96. The molecule has 0 spiro atoms. The van der Waals surface area contributed by atoms with E-state index in [1.165, 1.54) is 10.8 Å². The van der Waals surface area contributed by atoms with Crippen molar-refractivity contribution in [2.75, 3.05) is 10.6 Å². The van der Waals surface area contributed by atoms with E-state index in [4.69, 9.17) is 0 Å². The van der Waals surface area contributed by atoms with E-state index >= 15 is 0 Å². The number of fused-ring (bicyclic) bond motifs is 2. The Hall–Kier alpha value is -2.14. The average molecular weight is 282 g/mol. The summed E-state index contributed by atoms with van der Waals surface area (Å²) in [6, 6.07) is 16.8. The lowest BCUT2D eigenvalue weighted by Gasteiger charge is -2.15. The largest absolute Gasteiger partial charge is 0.355 e. The highest BCUT2D eigenvalue weighted by Gasteiger charge is 2.23. The fraction of sp³-hybridized carbons (Fsp3) is 0.133. The Morgan fingerprint density at radius 3 is 2.95 bits per heavy atom.